The van der Waals surface area contributed by atoms with Crippen LogP contribution in [0, 0.1) is 0 Å². The van der Waals surface area contributed by atoms with Gasteiger partial charge in [0.2, 0.25) is 5.91 Å². The zero-order valence-electron chi connectivity index (χ0n) is 19.7. The van der Waals surface area contributed by atoms with Crippen molar-refractivity contribution < 1.29 is 9.59 Å². The van der Waals surface area contributed by atoms with Crippen LogP contribution in [-0.4, -0.2) is 49.1 Å². The molecule has 0 spiro atoms. The number of aryl methyl sites for hydroxylation is 1. The Bertz CT molecular complexity index is 943. The van der Waals surface area contributed by atoms with E-state index in [1.807, 2.05) is 47.4 Å². The number of piperidine rings is 1. The number of benzene rings is 2. The topological polar surface area (TPSA) is 64.7 Å². The smallest absolute Gasteiger partial charge is 0.326 e. The van der Waals surface area contributed by atoms with Crippen molar-refractivity contribution in [2.24, 2.45) is 0 Å². The Balaban J connectivity index is 1.26. The van der Waals surface area contributed by atoms with E-state index in [0.717, 1.165) is 55.8 Å². The number of para-hydroxylation sites is 1. The van der Waals surface area contributed by atoms with Crippen LogP contribution >= 0.6 is 0 Å². The summed E-state index contributed by atoms with van der Waals surface area (Å²) in [5.41, 5.74) is 3.91. The Morgan fingerprint density at radius 2 is 1.76 bits per heavy atom. The standard InChI is InChI=1S/C27H36N4O2/c1-21-8-4-6-17-30(21)19-16-28-26(32)20-22-12-14-24(15-13-22)29-27(33)31-18-7-5-10-23-9-2-3-11-25(23)31/h2-3,9,11-15,21H,4-8,10,16-20H2,1H3,(H,28,32)(H,29,33). The Labute approximate surface area is 197 Å². The van der Waals surface area contributed by atoms with Gasteiger partial charge in [0.1, 0.15) is 0 Å². The van der Waals surface area contributed by atoms with Crippen LogP contribution < -0.4 is 15.5 Å². The van der Waals surface area contributed by atoms with Crippen molar-refractivity contribution in [1.29, 1.82) is 0 Å². The minimum Gasteiger partial charge on any atom is -0.355 e. The molecule has 33 heavy (non-hydrogen) atoms. The normalized spacial score (nSPS) is 18.8. The number of carbonyl (C=O) groups excluding carboxylic acids is 2. The molecule has 2 aliphatic rings. The molecule has 1 atom stereocenters. The Hall–Kier alpha value is -2.86. The molecule has 2 heterocycles. The zero-order valence-corrected chi connectivity index (χ0v) is 19.7. The highest BCUT2D eigenvalue weighted by Crippen LogP contribution is 2.26. The highest BCUT2D eigenvalue weighted by Gasteiger charge is 2.21. The number of nitrogens with zero attached hydrogens (tertiary/aromatic N) is 2. The van der Waals surface area contributed by atoms with E-state index in [2.05, 4.69) is 28.5 Å². The Kier molecular flexibility index (Phi) is 8.00. The van der Waals surface area contributed by atoms with E-state index in [1.165, 1.54) is 24.8 Å². The van der Waals surface area contributed by atoms with Crippen LogP contribution in [0.3, 0.4) is 0 Å². The van der Waals surface area contributed by atoms with Crippen LogP contribution in [0.1, 0.15) is 50.2 Å². The first-order chi connectivity index (χ1) is 16.1. The number of hydrogen-bond donors (Lipinski definition) is 2. The van der Waals surface area contributed by atoms with Gasteiger partial charge in [-0.1, -0.05) is 36.8 Å². The van der Waals surface area contributed by atoms with Gasteiger partial charge in [-0.15, -0.1) is 0 Å². The summed E-state index contributed by atoms with van der Waals surface area (Å²) in [6.45, 7) is 5.73. The van der Waals surface area contributed by atoms with E-state index in [9.17, 15) is 9.59 Å². The molecular formula is C27H36N4O2. The molecule has 1 saturated heterocycles. The van der Waals surface area contributed by atoms with Gasteiger partial charge >= 0.3 is 6.03 Å². The molecule has 6 nitrogen and oxygen atoms in total. The molecule has 0 radical (unpaired) electrons. The van der Waals surface area contributed by atoms with Gasteiger partial charge < -0.3 is 10.6 Å². The lowest BCUT2D eigenvalue weighted by molar-refractivity contribution is -0.120. The van der Waals surface area contributed by atoms with Crippen LogP contribution in [0.4, 0.5) is 16.2 Å². The number of hydrogen-bond acceptors (Lipinski definition) is 3. The SMILES string of the molecule is CC1CCCCN1CCNC(=O)Cc1ccc(NC(=O)N2CCCCc3ccccc32)cc1. The highest BCUT2D eigenvalue weighted by atomic mass is 16.2. The minimum atomic E-state index is -0.109. The maximum absolute atomic E-state index is 13.0. The van der Waals surface area contributed by atoms with E-state index >= 15 is 0 Å². The summed E-state index contributed by atoms with van der Waals surface area (Å²) in [6, 6.07) is 16.2. The van der Waals surface area contributed by atoms with Crippen molar-refractivity contribution in [3.63, 3.8) is 0 Å². The molecule has 176 valence electrons. The molecule has 2 aromatic carbocycles. The summed E-state index contributed by atoms with van der Waals surface area (Å²) >= 11 is 0. The van der Waals surface area contributed by atoms with E-state index in [4.69, 9.17) is 0 Å². The molecule has 6 heteroatoms. The number of urea groups is 1. The molecule has 2 aliphatic heterocycles. The summed E-state index contributed by atoms with van der Waals surface area (Å²) in [5.74, 6) is 0.0395. The third-order valence-electron chi connectivity index (χ3n) is 6.84. The largest absolute Gasteiger partial charge is 0.355 e. The third-order valence-corrected chi connectivity index (χ3v) is 6.84. The Morgan fingerprint density at radius 1 is 0.970 bits per heavy atom. The van der Waals surface area contributed by atoms with Crippen molar-refractivity contribution in [3.05, 3.63) is 59.7 Å². The van der Waals surface area contributed by atoms with E-state index < -0.39 is 0 Å². The van der Waals surface area contributed by atoms with Crippen LogP contribution in [0.25, 0.3) is 0 Å². The molecule has 0 saturated carbocycles. The maximum Gasteiger partial charge on any atom is 0.326 e. The van der Waals surface area contributed by atoms with Crippen molar-refractivity contribution in [2.75, 3.05) is 36.4 Å². The number of anilines is 2. The summed E-state index contributed by atoms with van der Waals surface area (Å²) in [4.78, 5) is 29.6. The van der Waals surface area contributed by atoms with Gasteiger partial charge in [0.15, 0.2) is 0 Å². The second kappa shape index (κ2) is 11.3. The molecular weight excluding hydrogens is 412 g/mol. The van der Waals surface area contributed by atoms with Crippen LogP contribution in [0.2, 0.25) is 0 Å². The fourth-order valence-corrected chi connectivity index (χ4v) is 4.88. The summed E-state index contributed by atoms with van der Waals surface area (Å²) in [6.07, 6.45) is 7.26. The quantitative estimate of drug-likeness (QED) is 0.679. The number of likely N-dealkylation sites (tertiary alicyclic amines) is 1. The third kappa shape index (κ3) is 6.35. The van der Waals surface area contributed by atoms with Crippen LogP contribution in [0.5, 0.6) is 0 Å². The molecule has 0 aromatic heterocycles. The Morgan fingerprint density at radius 3 is 2.58 bits per heavy atom. The molecule has 0 bridgehead atoms. The fourth-order valence-electron chi connectivity index (χ4n) is 4.88. The molecule has 1 unspecified atom stereocenters. The van der Waals surface area contributed by atoms with E-state index in [1.54, 1.807) is 0 Å². The number of amides is 3. The first-order valence-corrected chi connectivity index (χ1v) is 12.4. The highest BCUT2D eigenvalue weighted by molar-refractivity contribution is 6.02. The lowest BCUT2D eigenvalue weighted by atomic mass is 10.0. The number of nitrogens with one attached hydrogen (secondary N) is 2. The minimum absolute atomic E-state index is 0.0395. The van der Waals surface area contributed by atoms with Crippen LogP contribution in [-0.2, 0) is 17.6 Å². The summed E-state index contributed by atoms with van der Waals surface area (Å²) in [5, 5.41) is 6.06. The van der Waals surface area contributed by atoms with Crippen molar-refractivity contribution in [1.82, 2.24) is 10.2 Å². The predicted octanol–water partition coefficient (Wildman–Crippen LogP) is 4.59. The predicted molar refractivity (Wildman–Crippen MR) is 134 cm³/mol. The van der Waals surface area contributed by atoms with Gasteiger partial charge in [-0.25, -0.2) is 4.79 Å². The van der Waals surface area contributed by atoms with Crippen LogP contribution in [0.15, 0.2) is 48.5 Å². The average Bonchev–Trinajstić information content (AvgIpc) is 3.04. The second-order valence-electron chi connectivity index (χ2n) is 9.27. The van der Waals surface area contributed by atoms with Crippen molar-refractivity contribution in [3.8, 4) is 0 Å². The average molecular weight is 449 g/mol. The van der Waals surface area contributed by atoms with E-state index in [-0.39, 0.29) is 11.9 Å². The van der Waals surface area contributed by atoms with Gasteiger partial charge in [-0.05, 0) is 74.9 Å². The van der Waals surface area contributed by atoms with Gasteiger partial charge in [-0.3, -0.25) is 14.6 Å². The summed E-state index contributed by atoms with van der Waals surface area (Å²) < 4.78 is 0. The van der Waals surface area contributed by atoms with E-state index in [0.29, 0.717) is 19.0 Å². The molecule has 2 aromatic rings. The molecule has 1 fully saturated rings. The number of carbonyl (C=O) groups is 2. The number of rotatable bonds is 6. The van der Waals surface area contributed by atoms with Gasteiger partial charge in [0, 0.05) is 37.1 Å². The van der Waals surface area contributed by atoms with Gasteiger partial charge in [0.05, 0.1) is 6.42 Å². The van der Waals surface area contributed by atoms with Gasteiger partial charge in [-0.2, -0.15) is 0 Å². The molecule has 0 aliphatic carbocycles. The van der Waals surface area contributed by atoms with Crippen molar-refractivity contribution in [2.45, 2.75) is 57.9 Å². The first-order valence-electron chi connectivity index (χ1n) is 12.4. The van der Waals surface area contributed by atoms with Gasteiger partial charge in [0.25, 0.3) is 0 Å². The monoisotopic (exact) mass is 448 g/mol. The maximum atomic E-state index is 13.0. The summed E-state index contributed by atoms with van der Waals surface area (Å²) in [7, 11) is 0. The fraction of sp³-hybridized carbons (Fsp3) is 0.481. The molecule has 3 amide bonds. The number of fused-ring (bicyclic) bond motifs is 1. The molecule has 2 N–H and O–H groups in total. The lowest BCUT2D eigenvalue weighted by Gasteiger charge is -2.33. The second-order valence-corrected chi connectivity index (χ2v) is 9.27. The zero-order chi connectivity index (χ0) is 23.0. The van der Waals surface area contributed by atoms with Crippen molar-refractivity contribution >= 4 is 23.3 Å². The molecule has 4 rings (SSSR count). The lowest BCUT2D eigenvalue weighted by Crippen LogP contribution is -2.42. The first kappa shape index (κ1) is 23.3.